The number of aliphatic carboxylic acids is 1. The number of unbranched alkanes of at least 4 members (excludes halogenated alkanes) is 1. The van der Waals surface area contributed by atoms with Crippen molar-refractivity contribution in [3.05, 3.63) is 29.6 Å². The van der Waals surface area contributed by atoms with E-state index in [0.717, 1.165) is 6.07 Å². The minimum Gasteiger partial charge on any atom is -0.481 e. The molecule has 0 saturated heterocycles. The van der Waals surface area contributed by atoms with Crippen LogP contribution in [0.15, 0.2) is 18.2 Å². The summed E-state index contributed by atoms with van der Waals surface area (Å²) < 4.78 is 53.3. The van der Waals surface area contributed by atoms with Crippen molar-refractivity contribution in [1.29, 1.82) is 0 Å². The smallest absolute Gasteiger partial charge is 0.481 e. The lowest BCUT2D eigenvalue weighted by molar-refractivity contribution is -0.274. The zero-order valence-corrected chi connectivity index (χ0v) is 11.2. The fourth-order valence-corrected chi connectivity index (χ4v) is 1.57. The second-order valence-corrected chi connectivity index (χ2v) is 4.30. The van der Waals surface area contributed by atoms with Crippen LogP contribution in [0.5, 0.6) is 5.75 Å². The molecule has 0 spiro atoms. The Morgan fingerprint density at radius 3 is 2.50 bits per heavy atom. The Labute approximate surface area is 122 Å². The standard InChI is InChI=1S/C13H13F4NO4/c14-10-5-4-8(22-13(15,16)17)7-9(10)12(21)18-6-2-1-3-11(19)20/h4-5,7H,1-3,6H2,(H,18,21)(H,19,20). The fraction of sp³-hybridized carbons (Fsp3) is 0.385. The van der Waals surface area contributed by atoms with Crippen LogP contribution in [0.2, 0.25) is 0 Å². The Morgan fingerprint density at radius 2 is 1.91 bits per heavy atom. The summed E-state index contributed by atoms with van der Waals surface area (Å²) in [5.74, 6) is -3.57. The summed E-state index contributed by atoms with van der Waals surface area (Å²) in [6.45, 7) is 0.0793. The van der Waals surface area contributed by atoms with Crippen LogP contribution in [0.25, 0.3) is 0 Å². The molecule has 0 aliphatic rings. The van der Waals surface area contributed by atoms with Gasteiger partial charge in [0, 0.05) is 13.0 Å². The van der Waals surface area contributed by atoms with Gasteiger partial charge in [0.05, 0.1) is 5.56 Å². The normalized spacial score (nSPS) is 11.1. The summed E-state index contributed by atoms with van der Waals surface area (Å²) >= 11 is 0. The number of amides is 1. The minimum atomic E-state index is -4.94. The van der Waals surface area contributed by atoms with Crippen molar-refractivity contribution < 1.29 is 37.0 Å². The van der Waals surface area contributed by atoms with E-state index in [1.54, 1.807) is 0 Å². The second kappa shape index (κ2) is 7.62. The number of rotatable bonds is 7. The molecule has 0 aliphatic heterocycles. The number of carboxylic acid groups (broad SMARTS) is 1. The van der Waals surface area contributed by atoms with E-state index in [4.69, 9.17) is 5.11 Å². The fourth-order valence-electron chi connectivity index (χ4n) is 1.57. The largest absolute Gasteiger partial charge is 0.573 e. The molecule has 9 heteroatoms. The molecule has 0 fully saturated rings. The Balaban J connectivity index is 2.60. The maximum Gasteiger partial charge on any atom is 0.573 e. The topological polar surface area (TPSA) is 75.6 Å². The lowest BCUT2D eigenvalue weighted by atomic mass is 10.1. The second-order valence-electron chi connectivity index (χ2n) is 4.30. The van der Waals surface area contributed by atoms with E-state index in [-0.39, 0.29) is 13.0 Å². The number of benzene rings is 1. The quantitative estimate of drug-likeness (QED) is 0.597. The highest BCUT2D eigenvalue weighted by Gasteiger charge is 2.31. The van der Waals surface area contributed by atoms with E-state index >= 15 is 0 Å². The van der Waals surface area contributed by atoms with Crippen molar-refractivity contribution in [2.45, 2.75) is 25.6 Å². The van der Waals surface area contributed by atoms with E-state index in [1.807, 2.05) is 0 Å². The molecule has 0 unspecified atom stereocenters. The van der Waals surface area contributed by atoms with Gasteiger partial charge >= 0.3 is 12.3 Å². The van der Waals surface area contributed by atoms with Gasteiger partial charge in [-0.2, -0.15) is 0 Å². The zero-order valence-electron chi connectivity index (χ0n) is 11.2. The molecular weight excluding hydrogens is 310 g/mol. The van der Waals surface area contributed by atoms with Gasteiger partial charge in [0.15, 0.2) is 0 Å². The Hall–Kier alpha value is -2.32. The molecule has 1 rings (SSSR count). The molecule has 0 bridgehead atoms. The van der Waals surface area contributed by atoms with Gasteiger partial charge in [0.25, 0.3) is 5.91 Å². The Bertz CT molecular complexity index is 545. The van der Waals surface area contributed by atoms with E-state index < -0.39 is 35.4 Å². The van der Waals surface area contributed by atoms with E-state index in [1.165, 1.54) is 0 Å². The number of carbonyl (C=O) groups excluding carboxylic acids is 1. The predicted molar refractivity (Wildman–Crippen MR) is 66.9 cm³/mol. The molecule has 0 aliphatic carbocycles. The van der Waals surface area contributed by atoms with Gasteiger partial charge in [-0.3, -0.25) is 9.59 Å². The number of alkyl halides is 3. The van der Waals surface area contributed by atoms with Crippen LogP contribution in [0.1, 0.15) is 29.6 Å². The van der Waals surface area contributed by atoms with Gasteiger partial charge in [-0.15, -0.1) is 13.2 Å². The number of halogens is 4. The van der Waals surface area contributed by atoms with Crippen LogP contribution < -0.4 is 10.1 Å². The lowest BCUT2D eigenvalue weighted by Gasteiger charge is -2.11. The van der Waals surface area contributed by atoms with Gasteiger partial charge in [0.1, 0.15) is 11.6 Å². The molecule has 1 aromatic rings. The van der Waals surface area contributed by atoms with Crippen molar-refractivity contribution in [3.8, 4) is 5.75 Å². The number of nitrogens with one attached hydrogen (secondary N) is 1. The van der Waals surface area contributed by atoms with Crippen LogP contribution in [0.3, 0.4) is 0 Å². The van der Waals surface area contributed by atoms with E-state index in [9.17, 15) is 27.2 Å². The first kappa shape index (κ1) is 17.7. The highest BCUT2D eigenvalue weighted by atomic mass is 19.4. The third-order valence-electron chi connectivity index (χ3n) is 2.52. The first-order chi connectivity index (χ1) is 10.2. The Kier molecular flexibility index (Phi) is 6.14. The molecular formula is C13H13F4NO4. The number of carboxylic acids is 1. The van der Waals surface area contributed by atoms with Crippen LogP contribution in [-0.2, 0) is 4.79 Å². The molecule has 0 saturated carbocycles. The SMILES string of the molecule is O=C(O)CCCCNC(=O)c1cc(OC(F)(F)F)ccc1F. The average Bonchev–Trinajstić information content (AvgIpc) is 2.38. The van der Waals surface area contributed by atoms with Crippen molar-refractivity contribution in [1.82, 2.24) is 5.32 Å². The zero-order chi connectivity index (χ0) is 16.8. The van der Waals surface area contributed by atoms with Crippen molar-refractivity contribution in [2.24, 2.45) is 0 Å². The molecule has 0 radical (unpaired) electrons. The van der Waals surface area contributed by atoms with Crippen molar-refractivity contribution in [2.75, 3.05) is 6.54 Å². The first-order valence-corrected chi connectivity index (χ1v) is 6.24. The number of hydrogen-bond acceptors (Lipinski definition) is 3. The molecule has 0 aromatic heterocycles. The van der Waals surface area contributed by atoms with Gasteiger partial charge in [-0.1, -0.05) is 0 Å². The summed E-state index contributed by atoms with van der Waals surface area (Å²) in [5.41, 5.74) is -0.583. The van der Waals surface area contributed by atoms with Crippen molar-refractivity contribution >= 4 is 11.9 Å². The van der Waals surface area contributed by atoms with E-state index in [0.29, 0.717) is 25.0 Å². The number of hydrogen-bond donors (Lipinski definition) is 2. The summed E-state index contributed by atoms with van der Waals surface area (Å²) in [6, 6.07) is 2.10. The molecule has 0 heterocycles. The monoisotopic (exact) mass is 323 g/mol. The van der Waals surface area contributed by atoms with Gasteiger partial charge in [-0.05, 0) is 31.0 Å². The highest BCUT2D eigenvalue weighted by molar-refractivity contribution is 5.94. The molecule has 0 atom stereocenters. The molecule has 122 valence electrons. The van der Waals surface area contributed by atoms with Gasteiger partial charge < -0.3 is 15.2 Å². The van der Waals surface area contributed by atoms with Crippen molar-refractivity contribution in [3.63, 3.8) is 0 Å². The number of carbonyl (C=O) groups is 2. The predicted octanol–water partition coefficient (Wildman–Crippen LogP) is 2.71. The molecule has 2 N–H and O–H groups in total. The highest BCUT2D eigenvalue weighted by Crippen LogP contribution is 2.24. The Morgan fingerprint density at radius 1 is 1.23 bits per heavy atom. The van der Waals surface area contributed by atoms with Crippen LogP contribution in [0.4, 0.5) is 17.6 Å². The lowest BCUT2D eigenvalue weighted by Crippen LogP contribution is -2.26. The third kappa shape index (κ3) is 6.42. The number of ether oxygens (including phenoxy) is 1. The van der Waals surface area contributed by atoms with Gasteiger partial charge in [-0.25, -0.2) is 4.39 Å². The summed E-state index contributed by atoms with van der Waals surface area (Å²) in [4.78, 5) is 21.9. The summed E-state index contributed by atoms with van der Waals surface area (Å²) in [5, 5.41) is 10.7. The van der Waals surface area contributed by atoms with Gasteiger partial charge in [0.2, 0.25) is 0 Å². The van der Waals surface area contributed by atoms with Crippen LogP contribution in [-0.4, -0.2) is 29.9 Å². The van der Waals surface area contributed by atoms with E-state index in [2.05, 4.69) is 10.1 Å². The molecule has 22 heavy (non-hydrogen) atoms. The maximum absolute atomic E-state index is 13.5. The van der Waals surface area contributed by atoms with Crippen LogP contribution in [0, 0.1) is 5.82 Å². The molecule has 5 nitrogen and oxygen atoms in total. The van der Waals surface area contributed by atoms with Crippen LogP contribution >= 0.6 is 0 Å². The molecule has 1 amide bonds. The average molecular weight is 323 g/mol. The third-order valence-corrected chi connectivity index (χ3v) is 2.52. The summed E-state index contributed by atoms with van der Waals surface area (Å²) in [6.07, 6.45) is -4.35. The minimum absolute atomic E-state index is 0.0703. The first-order valence-electron chi connectivity index (χ1n) is 6.24. The maximum atomic E-state index is 13.5. The molecule has 1 aromatic carbocycles. The summed E-state index contributed by atoms with van der Waals surface area (Å²) in [7, 11) is 0.